The number of aromatic nitrogens is 1. The van der Waals surface area contributed by atoms with Crippen molar-refractivity contribution in [3.8, 4) is 0 Å². The summed E-state index contributed by atoms with van der Waals surface area (Å²) in [6.45, 7) is 4.13. The second-order valence-electron chi connectivity index (χ2n) is 4.74. The third-order valence-corrected chi connectivity index (χ3v) is 4.98. The summed E-state index contributed by atoms with van der Waals surface area (Å²) >= 11 is 5.29. The number of nitrogens with one attached hydrogen (secondary N) is 1. The fourth-order valence-electron chi connectivity index (χ4n) is 2.50. The summed E-state index contributed by atoms with van der Waals surface area (Å²) < 4.78 is 1.20. The minimum Gasteiger partial charge on any atom is -0.314 e. The number of thiophene rings is 1. The molecule has 0 radical (unpaired) electrons. The number of rotatable bonds is 3. The molecule has 1 atom stereocenters. The van der Waals surface area contributed by atoms with Gasteiger partial charge in [-0.3, -0.25) is 9.88 Å². The first-order valence-electron chi connectivity index (χ1n) is 6.40. The zero-order valence-corrected chi connectivity index (χ0v) is 14.2. The number of halogens is 2. The van der Waals surface area contributed by atoms with E-state index in [0.29, 0.717) is 6.04 Å². The van der Waals surface area contributed by atoms with Gasteiger partial charge in [-0.1, -0.05) is 6.07 Å². The summed E-state index contributed by atoms with van der Waals surface area (Å²) in [5, 5.41) is 5.71. The second-order valence-corrected chi connectivity index (χ2v) is 7.03. The molecule has 108 valence electrons. The molecule has 1 saturated heterocycles. The van der Waals surface area contributed by atoms with Gasteiger partial charge in [0, 0.05) is 44.6 Å². The fourth-order valence-corrected chi connectivity index (χ4v) is 3.70. The topological polar surface area (TPSA) is 28.2 Å². The van der Waals surface area contributed by atoms with Gasteiger partial charge in [0.2, 0.25) is 0 Å². The van der Waals surface area contributed by atoms with Crippen LogP contribution in [-0.2, 0) is 6.54 Å². The molecule has 2 aromatic rings. The van der Waals surface area contributed by atoms with Crippen LogP contribution in [0.15, 0.2) is 39.8 Å². The maximum atomic E-state index is 4.25. The van der Waals surface area contributed by atoms with Crippen LogP contribution in [0, 0.1) is 0 Å². The number of hydrogen-bond donors (Lipinski definition) is 1. The first-order chi connectivity index (χ1) is 9.33. The molecule has 6 heteroatoms. The summed E-state index contributed by atoms with van der Waals surface area (Å²) in [5.74, 6) is 0. The lowest BCUT2D eigenvalue weighted by Gasteiger charge is -2.36. The standard InChI is InChI=1S/C14H16BrN3S.ClH/c15-14-6-11(10-19-14)9-18-5-4-17-8-13(18)12-2-1-3-16-7-12;/h1-3,6-7,10,13,17H,4-5,8-9H2;1H. The molecule has 0 amide bonds. The van der Waals surface area contributed by atoms with E-state index in [1.54, 1.807) is 11.3 Å². The normalized spacial score (nSPS) is 19.6. The molecule has 2 aromatic heterocycles. The summed E-state index contributed by atoms with van der Waals surface area (Å²) in [4.78, 5) is 6.78. The molecule has 0 saturated carbocycles. The SMILES string of the molecule is Brc1cc(CN2CCNCC2c2cccnc2)cs1.Cl. The van der Waals surface area contributed by atoms with Crippen LogP contribution in [0.25, 0.3) is 0 Å². The highest BCUT2D eigenvalue weighted by Crippen LogP contribution is 2.26. The first kappa shape index (κ1) is 15.9. The predicted molar refractivity (Wildman–Crippen MR) is 89.5 cm³/mol. The number of pyridine rings is 1. The Morgan fingerprint density at radius 2 is 2.40 bits per heavy atom. The quantitative estimate of drug-likeness (QED) is 0.891. The molecule has 0 bridgehead atoms. The molecule has 0 aromatic carbocycles. The van der Waals surface area contributed by atoms with Crippen LogP contribution < -0.4 is 5.32 Å². The van der Waals surface area contributed by atoms with Crippen molar-refractivity contribution in [1.29, 1.82) is 0 Å². The summed E-state index contributed by atoms with van der Waals surface area (Å²) in [6.07, 6.45) is 3.81. The van der Waals surface area contributed by atoms with Gasteiger partial charge in [0.25, 0.3) is 0 Å². The zero-order valence-electron chi connectivity index (χ0n) is 11.0. The van der Waals surface area contributed by atoms with Gasteiger partial charge in [-0.2, -0.15) is 0 Å². The van der Waals surface area contributed by atoms with Crippen LogP contribution >= 0.6 is 39.7 Å². The van der Waals surface area contributed by atoms with Gasteiger partial charge in [-0.15, -0.1) is 23.7 Å². The molecule has 1 fully saturated rings. The van der Waals surface area contributed by atoms with Gasteiger partial charge in [-0.05, 0) is 44.6 Å². The highest BCUT2D eigenvalue weighted by Gasteiger charge is 2.24. The average Bonchev–Trinajstić information content (AvgIpc) is 2.86. The zero-order chi connectivity index (χ0) is 13.1. The molecule has 1 N–H and O–H groups in total. The monoisotopic (exact) mass is 373 g/mol. The first-order valence-corrected chi connectivity index (χ1v) is 8.08. The molecule has 1 aliphatic rings. The van der Waals surface area contributed by atoms with E-state index in [2.05, 4.69) is 48.6 Å². The van der Waals surface area contributed by atoms with Crippen molar-refractivity contribution in [3.05, 3.63) is 50.9 Å². The third kappa shape index (κ3) is 3.80. The van der Waals surface area contributed by atoms with Gasteiger partial charge in [0.15, 0.2) is 0 Å². The Kier molecular flexibility index (Phi) is 5.99. The smallest absolute Gasteiger partial charge is 0.0701 e. The van der Waals surface area contributed by atoms with Crippen molar-refractivity contribution in [2.75, 3.05) is 19.6 Å². The molecule has 3 rings (SSSR count). The van der Waals surface area contributed by atoms with Gasteiger partial charge in [0.1, 0.15) is 0 Å². The lowest BCUT2D eigenvalue weighted by molar-refractivity contribution is 0.153. The van der Waals surface area contributed by atoms with Crippen molar-refractivity contribution < 1.29 is 0 Å². The van der Waals surface area contributed by atoms with Crippen LogP contribution in [0.5, 0.6) is 0 Å². The van der Waals surface area contributed by atoms with Crippen molar-refractivity contribution in [3.63, 3.8) is 0 Å². The largest absolute Gasteiger partial charge is 0.314 e. The molecule has 3 heterocycles. The number of piperazine rings is 1. The lowest BCUT2D eigenvalue weighted by atomic mass is 10.0. The van der Waals surface area contributed by atoms with E-state index in [0.717, 1.165) is 26.2 Å². The predicted octanol–water partition coefficient (Wildman–Crippen LogP) is 3.47. The van der Waals surface area contributed by atoms with Crippen molar-refractivity contribution in [2.45, 2.75) is 12.6 Å². The highest BCUT2D eigenvalue weighted by atomic mass is 79.9. The summed E-state index contributed by atoms with van der Waals surface area (Å²) in [5.41, 5.74) is 2.68. The minimum absolute atomic E-state index is 0. The molecular formula is C14H17BrClN3S. The van der Waals surface area contributed by atoms with E-state index in [4.69, 9.17) is 0 Å². The number of nitrogens with zero attached hydrogens (tertiary/aromatic N) is 2. The van der Waals surface area contributed by atoms with Crippen LogP contribution in [0.4, 0.5) is 0 Å². The molecule has 0 spiro atoms. The van der Waals surface area contributed by atoms with E-state index in [1.807, 2.05) is 18.5 Å². The van der Waals surface area contributed by atoms with E-state index >= 15 is 0 Å². The lowest BCUT2D eigenvalue weighted by Crippen LogP contribution is -2.45. The Morgan fingerprint density at radius 1 is 1.50 bits per heavy atom. The van der Waals surface area contributed by atoms with Gasteiger partial charge in [0.05, 0.1) is 3.79 Å². The molecule has 1 aliphatic heterocycles. The third-order valence-electron chi connectivity index (χ3n) is 3.43. The van der Waals surface area contributed by atoms with E-state index in [-0.39, 0.29) is 12.4 Å². The van der Waals surface area contributed by atoms with Gasteiger partial charge in [-0.25, -0.2) is 0 Å². The van der Waals surface area contributed by atoms with E-state index in [9.17, 15) is 0 Å². The number of hydrogen-bond acceptors (Lipinski definition) is 4. The van der Waals surface area contributed by atoms with Crippen LogP contribution in [-0.4, -0.2) is 29.5 Å². The Morgan fingerprint density at radius 3 is 3.10 bits per heavy atom. The van der Waals surface area contributed by atoms with Crippen LogP contribution in [0.3, 0.4) is 0 Å². The maximum absolute atomic E-state index is 4.25. The van der Waals surface area contributed by atoms with Gasteiger partial charge >= 0.3 is 0 Å². The summed E-state index contributed by atoms with van der Waals surface area (Å²) in [7, 11) is 0. The molecule has 0 aliphatic carbocycles. The summed E-state index contributed by atoms with van der Waals surface area (Å²) in [6, 6.07) is 6.82. The average molecular weight is 375 g/mol. The Bertz CT molecular complexity index is 534. The van der Waals surface area contributed by atoms with E-state index < -0.39 is 0 Å². The van der Waals surface area contributed by atoms with Crippen molar-refractivity contribution >= 4 is 39.7 Å². The van der Waals surface area contributed by atoms with Crippen molar-refractivity contribution in [2.24, 2.45) is 0 Å². The highest BCUT2D eigenvalue weighted by molar-refractivity contribution is 9.11. The minimum atomic E-state index is 0. The van der Waals surface area contributed by atoms with Gasteiger partial charge < -0.3 is 5.32 Å². The van der Waals surface area contributed by atoms with E-state index in [1.165, 1.54) is 14.9 Å². The molecule has 3 nitrogen and oxygen atoms in total. The van der Waals surface area contributed by atoms with Crippen LogP contribution in [0.2, 0.25) is 0 Å². The Balaban J connectivity index is 0.00000147. The molecular weight excluding hydrogens is 358 g/mol. The van der Waals surface area contributed by atoms with Crippen LogP contribution in [0.1, 0.15) is 17.2 Å². The second kappa shape index (κ2) is 7.52. The Hall–Kier alpha value is -0.460. The fraction of sp³-hybridized carbons (Fsp3) is 0.357. The maximum Gasteiger partial charge on any atom is 0.0701 e. The molecule has 20 heavy (non-hydrogen) atoms. The Labute approximate surface area is 137 Å². The van der Waals surface area contributed by atoms with Crippen molar-refractivity contribution in [1.82, 2.24) is 15.2 Å². The molecule has 1 unspecified atom stereocenters.